The summed E-state index contributed by atoms with van der Waals surface area (Å²) < 4.78 is 26.7. The number of carbonyl (C=O) groups excluding carboxylic acids is 1. The first-order chi connectivity index (χ1) is 25.0. The summed E-state index contributed by atoms with van der Waals surface area (Å²) in [5.74, 6) is 1.09. The number of hydrogen-bond acceptors (Lipinski definition) is 6. The number of rotatable bonds is 18. The van der Waals surface area contributed by atoms with Gasteiger partial charge < -0.3 is 28.8 Å². The van der Waals surface area contributed by atoms with Crippen LogP contribution in [-0.4, -0.2) is 52.9 Å². The molecule has 1 amide bonds. The van der Waals surface area contributed by atoms with Gasteiger partial charge in [-0.3, -0.25) is 4.79 Å². The van der Waals surface area contributed by atoms with Crippen LogP contribution in [0.2, 0.25) is 0 Å². The highest BCUT2D eigenvalue weighted by atomic mass is 32.2. The molecule has 0 spiro atoms. The molecule has 1 fully saturated rings. The van der Waals surface area contributed by atoms with E-state index in [0.29, 0.717) is 36.6 Å². The van der Waals surface area contributed by atoms with Crippen molar-refractivity contribution < 1.29 is 18.8 Å². The zero-order valence-corrected chi connectivity index (χ0v) is 31.4. The third-order valence-electron chi connectivity index (χ3n) is 9.22. The van der Waals surface area contributed by atoms with Crippen LogP contribution < -0.4 is 15.0 Å². The molecule has 272 valence electrons. The van der Waals surface area contributed by atoms with Gasteiger partial charge in [0.2, 0.25) is 0 Å². The summed E-state index contributed by atoms with van der Waals surface area (Å²) in [5.41, 5.74) is 6.71. The number of carbonyl (C=O) groups is 1. The summed E-state index contributed by atoms with van der Waals surface area (Å²) in [6.07, 6.45) is 14.2. The van der Waals surface area contributed by atoms with Crippen LogP contribution in [0.5, 0.6) is 5.75 Å². The average molecular weight is 711 g/mol. The maximum atomic E-state index is 13.7. The van der Waals surface area contributed by atoms with Crippen LogP contribution in [0.15, 0.2) is 89.7 Å². The first kappa shape index (κ1) is 38.2. The molecule has 1 aliphatic heterocycles. The number of imidazole rings is 1. The largest absolute Gasteiger partial charge is 0.611 e. The van der Waals surface area contributed by atoms with E-state index in [4.69, 9.17) is 9.47 Å². The molecule has 0 unspecified atom stereocenters. The fourth-order valence-electron chi connectivity index (χ4n) is 6.31. The molecule has 1 saturated heterocycles. The SMILES string of the molecule is CCCCOCCOc1ccc(-c2ccc(N3CCCCCC3)c(C=C(CC)C(=O)Nc3ccc([S@@+]([O-])Cc4cncn4CCC)cc3)c2)cc1. The minimum Gasteiger partial charge on any atom is -0.611 e. The second-order valence-corrected chi connectivity index (χ2v) is 14.5. The third-order valence-corrected chi connectivity index (χ3v) is 10.6. The highest BCUT2D eigenvalue weighted by molar-refractivity contribution is 7.90. The summed E-state index contributed by atoms with van der Waals surface area (Å²) in [6.45, 7) is 11.0. The Morgan fingerprint density at radius 3 is 2.35 bits per heavy atom. The fourth-order valence-corrected chi connectivity index (χ4v) is 7.42. The van der Waals surface area contributed by atoms with Crippen molar-refractivity contribution in [1.82, 2.24) is 9.55 Å². The average Bonchev–Trinajstić information content (AvgIpc) is 3.40. The summed E-state index contributed by atoms with van der Waals surface area (Å²) in [4.78, 5) is 21.1. The van der Waals surface area contributed by atoms with E-state index in [2.05, 4.69) is 70.0 Å². The summed E-state index contributed by atoms with van der Waals surface area (Å²) in [6, 6.07) is 22.1. The Balaban J connectivity index is 1.30. The number of amides is 1. The second kappa shape index (κ2) is 20.1. The predicted molar refractivity (Wildman–Crippen MR) is 210 cm³/mol. The molecular weight excluding hydrogens is 657 g/mol. The molecule has 1 aliphatic rings. The van der Waals surface area contributed by atoms with E-state index >= 15 is 0 Å². The van der Waals surface area contributed by atoms with Crippen LogP contribution in [0, 0.1) is 0 Å². The number of unbranched alkanes of at least 4 members (excludes halogenated alkanes) is 1. The molecular formula is C42H54N4O4S. The molecule has 0 radical (unpaired) electrons. The van der Waals surface area contributed by atoms with Crippen molar-refractivity contribution >= 4 is 34.5 Å². The van der Waals surface area contributed by atoms with Gasteiger partial charge in [0.05, 0.1) is 24.8 Å². The molecule has 3 aromatic carbocycles. The van der Waals surface area contributed by atoms with Gasteiger partial charge in [-0.15, -0.1) is 0 Å². The highest BCUT2D eigenvalue weighted by Crippen LogP contribution is 2.32. The standard InChI is InChI=1S/C42H54N4O4S/c1-4-7-25-49-26-27-50-39-17-12-34(13-18-39)35-14-21-41(45-23-10-8-9-11-24-45)36(29-35)28-33(6-3)42(47)44-37-15-19-40(20-16-37)51(48)31-38-30-43-32-46(38)22-5-2/h12-21,28-30,32H,4-11,22-27,31H2,1-3H3,(H,44,47)/t51-/m0/s1. The first-order valence-corrected chi connectivity index (χ1v) is 20.0. The van der Waals surface area contributed by atoms with Gasteiger partial charge in [-0.1, -0.05) is 58.2 Å². The van der Waals surface area contributed by atoms with Crippen molar-refractivity contribution in [3.8, 4) is 16.9 Å². The van der Waals surface area contributed by atoms with Gasteiger partial charge in [-0.05, 0) is 115 Å². The third kappa shape index (κ3) is 11.2. The monoisotopic (exact) mass is 710 g/mol. The Morgan fingerprint density at radius 2 is 1.65 bits per heavy atom. The molecule has 51 heavy (non-hydrogen) atoms. The van der Waals surface area contributed by atoms with E-state index in [1.165, 1.54) is 25.7 Å². The molecule has 2 heterocycles. The van der Waals surface area contributed by atoms with Gasteiger partial charge in [-0.25, -0.2) is 4.98 Å². The van der Waals surface area contributed by atoms with E-state index in [0.717, 1.165) is 84.2 Å². The summed E-state index contributed by atoms with van der Waals surface area (Å²) in [7, 11) is 0. The van der Waals surface area contributed by atoms with Crippen molar-refractivity contribution in [2.75, 3.05) is 43.1 Å². The molecule has 1 atom stereocenters. The highest BCUT2D eigenvalue weighted by Gasteiger charge is 2.18. The van der Waals surface area contributed by atoms with E-state index in [1.807, 2.05) is 43.3 Å². The van der Waals surface area contributed by atoms with Crippen molar-refractivity contribution in [3.63, 3.8) is 0 Å². The van der Waals surface area contributed by atoms with E-state index < -0.39 is 11.2 Å². The number of nitrogens with one attached hydrogen (secondary N) is 1. The van der Waals surface area contributed by atoms with Crippen molar-refractivity contribution in [1.29, 1.82) is 0 Å². The van der Waals surface area contributed by atoms with Crippen molar-refractivity contribution in [2.45, 2.75) is 89.3 Å². The number of benzene rings is 3. The van der Waals surface area contributed by atoms with Gasteiger partial charge in [0.15, 0.2) is 10.6 Å². The van der Waals surface area contributed by atoms with Crippen LogP contribution in [0.3, 0.4) is 0 Å². The van der Waals surface area contributed by atoms with E-state index in [9.17, 15) is 9.35 Å². The van der Waals surface area contributed by atoms with Crippen LogP contribution in [-0.2, 0) is 33.0 Å². The Bertz CT molecular complexity index is 1680. The quantitative estimate of drug-likeness (QED) is 0.0629. The number of aryl methyl sites for hydroxylation is 1. The van der Waals surface area contributed by atoms with Gasteiger partial charge in [0, 0.05) is 43.2 Å². The Kier molecular flexibility index (Phi) is 15.1. The molecule has 9 heteroatoms. The van der Waals surface area contributed by atoms with Gasteiger partial charge in [0.25, 0.3) is 5.91 Å². The lowest BCUT2D eigenvalue weighted by atomic mass is 9.98. The first-order valence-electron chi connectivity index (χ1n) is 18.7. The summed E-state index contributed by atoms with van der Waals surface area (Å²) >= 11 is -1.22. The maximum Gasteiger partial charge on any atom is 0.251 e. The van der Waals surface area contributed by atoms with Crippen molar-refractivity contribution in [3.05, 3.63) is 96.1 Å². The Labute approximate surface area is 307 Å². The van der Waals surface area contributed by atoms with Crippen molar-refractivity contribution in [2.24, 2.45) is 0 Å². The predicted octanol–water partition coefficient (Wildman–Crippen LogP) is 9.28. The topological polar surface area (TPSA) is 91.7 Å². The Hall–Kier alpha value is -4.05. The lowest BCUT2D eigenvalue weighted by molar-refractivity contribution is -0.112. The lowest BCUT2D eigenvalue weighted by Crippen LogP contribution is -2.24. The molecule has 0 saturated carbocycles. The van der Waals surface area contributed by atoms with E-state index in [1.54, 1.807) is 12.5 Å². The normalized spacial score (nSPS) is 14.3. The summed E-state index contributed by atoms with van der Waals surface area (Å²) in [5, 5.41) is 3.09. The van der Waals surface area contributed by atoms with Gasteiger partial charge >= 0.3 is 0 Å². The number of ether oxygens (including phenoxy) is 2. The second-order valence-electron chi connectivity index (χ2n) is 13.1. The molecule has 0 aliphatic carbocycles. The van der Waals surface area contributed by atoms with Gasteiger partial charge in [-0.2, -0.15) is 0 Å². The lowest BCUT2D eigenvalue weighted by Gasteiger charge is -2.25. The molecule has 5 rings (SSSR count). The van der Waals surface area contributed by atoms with Crippen LogP contribution in [0.1, 0.15) is 83.4 Å². The fraction of sp³-hybridized carbons (Fsp3) is 0.429. The zero-order chi connectivity index (χ0) is 35.8. The molecule has 4 aromatic rings. The van der Waals surface area contributed by atoms with Crippen LogP contribution >= 0.6 is 0 Å². The molecule has 1 N–H and O–H groups in total. The van der Waals surface area contributed by atoms with Crippen LogP contribution in [0.4, 0.5) is 11.4 Å². The molecule has 8 nitrogen and oxygen atoms in total. The number of anilines is 2. The number of aromatic nitrogens is 2. The minimum atomic E-state index is -1.22. The van der Waals surface area contributed by atoms with Gasteiger partial charge in [0.1, 0.15) is 12.4 Å². The van der Waals surface area contributed by atoms with Crippen LogP contribution in [0.25, 0.3) is 17.2 Å². The number of nitrogens with zero attached hydrogens (tertiary/aromatic N) is 3. The van der Waals surface area contributed by atoms with E-state index in [-0.39, 0.29) is 5.91 Å². The Morgan fingerprint density at radius 1 is 0.902 bits per heavy atom. The molecule has 1 aromatic heterocycles. The smallest absolute Gasteiger partial charge is 0.251 e. The maximum absolute atomic E-state index is 13.7. The zero-order valence-electron chi connectivity index (χ0n) is 30.6. The number of hydrogen-bond donors (Lipinski definition) is 1. The minimum absolute atomic E-state index is 0.137. The molecule has 0 bridgehead atoms.